The summed E-state index contributed by atoms with van der Waals surface area (Å²) in [7, 11) is 0. The van der Waals surface area contributed by atoms with Crippen molar-refractivity contribution in [1.29, 1.82) is 0 Å². The molecule has 1 aliphatic carbocycles. The molecule has 2 atom stereocenters. The second-order valence-electron chi connectivity index (χ2n) is 4.44. The molecule has 1 amide bonds. The van der Waals surface area contributed by atoms with Gasteiger partial charge >= 0.3 is 5.97 Å². The summed E-state index contributed by atoms with van der Waals surface area (Å²) in [5.74, 6) is -1.35. The number of hydrogen-bond donors (Lipinski definition) is 2. The molecule has 0 bridgehead atoms. The molecule has 86 valence electrons. The van der Waals surface area contributed by atoms with E-state index in [1.54, 1.807) is 13.8 Å². The molecule has 0 aromatic heterocycles. The van der Waals surface area contributed by atoms with E-state index >= 15 is 0 Å². The van der Waals surface area contributed by atoms with Gasteiger partial charge in [-0.05, 0) is 12.3 Å². The summed E-state index contributed by atoms with van der Waals surface area (Å²) in [6, 6.07) is 0. The molecule has 2 N–H and O–H groups in total. The van der Waals surface area contributed by atoms with Gasteiger partial charge < -0.3 is 10.4 Å². The predicted octanol–water partition coefficient (Wildman–Crippen LogP) is 1.26. The van der Waals surface area contributed by atoms with Gasteiger partial charge in [-0.1, -0.05) is 26.7 Å². The van der Waals surface area contributed by atoms with Gasteiger partial charge in [0.25, 0.3) is 0 Å². The summed E-state index contributed by atoms with van der Waals surface area (Å²) in [6.45, 7) is 3.90. The Morgan fingerprint density at radius 2 is 1.93 bits per heavy atom. The number of carbonyl (C=O) groups excluding carboxylic acids is 1. The number of carboxylic acid groups (broad SMARTS) is 1. The molecule has 1 rings (SSSR count). The molecule has 2 unspecified atom stereocenters. The Morgan fingerprint density at radius 3 is 2.40 bits per heavy atom. The number of hydrogen-bond acceptors (Lipinski definition) is 2. The van der Waals surface area contributed by atoms with Crippen LogP contribution in [0.1, 0.15) is 33.1 Å². The number of nitrogens with one attached hydrogen (secondary N) is 1. The van der Waals surface area contributed by atoms with Gasteiger partial charge in [-0.2, -0.15) is 0 Å². The molecule has 0 heterocycles. The zero-order chi connectivity index (χ0) is 11.4. The maximum atomic E-state index is 11.5. The van der Waals surface area contributed by atoms with E-state index in [0.717, 1.165) is 12.3 Å². The first-order valence-corrected chi connectivity index (χ1v) is 5.53. The number of aliphatic carboxylic acids is 1. The molecular formula is C11H19NO3. The zero-order valence-corrected chi connectivity index (χ0v) is 9.32. The Hall–Kier alpha value is -1.06. The van der Waals surface area contributed by atoms with Crippen LogP contribution >= 0.6 is 0 Å². The average Bonchev–Trinajstić information content (AvgIpc) is 2.99. The number of amides is 1. The van der Waals surface area contributed by atoms with Gasteiger partial charge in [-0.3, -0.25) is 9.59 Å². The van der Waals surface area contributed by atoms with Crippen LogP contribution < -0.4 is 5.32 Å². The van der Waals surface area contributed by atoms with Gasteiger partial charge in [0.1, 0.15) is 0 Å². The lowest BCUT2D eigenvalue weighted by molar-refractivity contribution is -0.146. The standard InChI is InChI=1S/C11H19NO3/c1-7(8(2)11(14)15)10(13)12-6-5-9-3-4-9/h7-9H,3-6H2,1-2H3,(H,12,13)(H,14,15). The Bertz CT molecular complexity index is 248. The van der Waals surface area contributed by atoms with E-state index in [9.17, 15) is 9.59 Å². The van der Waals surface area contributed by atoms with Crippen molar-refractivity contribution in [2.45, 2.75) is 33.1 Å². The van der Waals surface area contributed by atoms with E-state index in [4.69, 9.17) is 5.11 Å². The molecule has 1 aliphatic rings. The summed E-state index contributed by atoms with van der Waals surface area (Å²) < 4.78 is 0. The molecular weight excluding hydrogens is 194 g/mol. The first kappa shape index (κ1) is 12.0. The summed E-state index contributed by atoms with van der Waals surface area (Å²) in [5, 5.41) is 11.5. The van der Waals surface area contributed by atoms with Crippen molar-refractivity contribution in [1.82, 2.24) is 5.32 Å². The lowest BCUT2D eigenvalue weighted by Gasteiger charge is -2.15. The zero-order valence-electron chi connectivity index (χ0n) is 9.32. The van der Waals surface area contributed by atoms with Gasteiger partial charge in [0.05, 0.1) is 5.92 Å². The minimum absolute atomic E-state index is 0.148. The molecule has 0 aromatic rings. The highest BCUT2D eigenvalue weighted by Crippen LogP contribution is 2.31. The highest BCUT2D eigenvalue weighted by molar-refractivity contribution is 5.84. The van der Waals surface area contributed by atoms with Crippen LogP contribution in [-0.4, -0.2) is 23.5 Å². The van der Waals surface area contributed by atoms with Crippen LogP contribution in [0.2, 0.25) is 0 Å². The molecule has 1 fully saturated rings. The Balaban J connectivity index is 2.21. The van der Waals surface area contributed by atoms with E-state index < -0.39 is 17.8 Å². The summed E-state index contributed by atoms with van der Waals surface area (Å²) in [5.41, 5.74) is 0. The quantitative estimate of drug-likeness (QED) is 0.698. The van der Waals surface area contributed by atoms with E-state index in [1.807, 2.05) is 0 Å². The summed E-state index contributed by atoms with van der Waals surface area (Å²) >= 11 is 0. The second-order valence-corrected chi connectivity index (χ2v) is 4.44. The molecule has 0 aliphatic heterocycles. The lowest BCUT2D eigenvalue weighted by atomic mass is 9.95. The molecule has 4 nitrogen and oxygen atoms in total. The third kappa shape index (κ3) is 3.90. The van der Waals surface area contributed by atoms with Crippen LogP contribution in [0.3, 0.4) is 0 Å². The fourth-order valence-electron chi connectivity index (χ4n) is 1.41. The van der Waals surface area contributed by atoms with Crippen LogP contribution in [0.25, 0.3) is 0 Å². The van der Waals surface area contributed by atoms with Crippen LogP contribution in [0, 0.1) is 17.8 Å². The second kappa shape index (κ2) is 5.14. The highest BCUT2D eigenvalue weighted by Gasteiger charge is 2.26. The first-order valence-electron chi connectivity index (χ1n) is 5.53. The van der Waals surface area contributed by atoms with Gasteiger partial charge in [-0.15, -0.1) is 0 Å². The molecule has 0 spiro atoms. The minimum Gasteiger partial charge on any atom is -0.481 e. The van der Waals surface area contributed by atoms with Crippen molar-refractivity contribution in [3.63, 3.8) is 0 Å². The van der Waals surface area contributed by atoms with Crippen molar-refractivity contribution in [2.24, 2.45) is 17.8 Å². The summed E-state index contributed by atoms with van der Waals surface area (Å²) in [4.78, 5) is 22.2. The molecule has 0 saturated heterocycles. The fourth-order valence-corrected chi connectivity index (χ4v) is 1.41. The van der Waals surface area contributed by atoms with Crippen molar-refractivity contribution < 1.29 is 14.7 Å². The van der Waals surface area contributed by atoms with Crippen LogP contribution in [0.15, 0.2) is 0 Å². The maximum absolute atomic E-state index is 11.5. The number of carboxylic acids is 1. The van der Waals surface area contributed by atoms with Crippen LogP contribution in [-0.2, 0) is 9.59 Å². The molecule has 0 aromatic carbocycles. The number of carbonyl (C=O) groups is 2. The predicted molar refractivity (Wildman–Crippen MR) is 56.3 cm³/mol. The highest BCUT2D eigenvalue weighted by atomic mass is 16.4. The van der Waals surface area contributed by atoms with E-state index in [0.29, 0.717) is 6.54 Å². The lowest BCUT2D eigenvalue weighted by Crippen LogP contribution is -2.35. The third-order valence-electron chi connectivity index (χ3n) is 3.10. The van der Waals surface area contributed by atoms with Crippen molar-refractivity contribution in [3.8, 4) is 0 Å². The smallest absolute Gasteiger partial charge is 0.307 e. The normalized spacial score (nSPS) is 19.3. The van der Waals surface area contributed by atoms with Gasteiger partial charge in [-0.25, -0.2) is 0 Å². The van der Waals surface area contributed by atoms with Crippen molar-refractivity contribution >= 4 is 11.9 Å². The topological polar surface area (TPSA) is 66.4 Å². The average molecular weight is 213 g/mol. The number of rotatable bonds is 6. The maximum Gasteiger partial charge on any atom is 0.307 e. The van der Waals surface area contributed by atoms with Gasteiger partial charge in [0, 0.05) is 12.5 Å². The SMILES string of the molecule is CC(C(=O)O)C(C)C(=O)NCCC1CC1. The van der Waals surface area contributed by atoms with Gasteiger partial charge in [0.2, 0.25) is 5.91 Å². The largest absolute Gasteiger partial charge is 0.481 e. The molecule has 15 heavy (non-hydrogen) atoms. The molecule has 0 radical (unpaired) electrons. The van der Waals surface area contributed by atoms with E-state index in [2.05, 4.69) is 5.32 Å². The Labute approximate surface area is 90.0 Å². The van der Waals surface area contributed by atoms with Crippen LogP contribution in [0.4, 0.5) is 0 Å². The third-order valence-corrected chi connectivity index (χ3v) is 3.10. The fraction of sp³-hybridized carbons (Fsp3) is 0.818. The molecule has 4 heteroatoms. The Morgan fingerprint density at radius 1 is 1.33 bits per heavy atom. The minimum atomic E-state index is -0.917. The monoisotopic (exact) mass is 213 g/mol. The van der Waals surface area contributed by atoms with E-state index in [-0.39, 0.29) is 5.91 Å². The van der Waals surface area contributed by atoms with Crippen molar-refractivity contribution in [3.05, 3.63) is 0 Å². The van der Waals surface area contributed by atoms with E-state index in [1.165, 1.54) is 12.8 Å². The van der Waals surface area contributed by atoms with Gasteiger partial charge in [0.15, 0.2) is 0 Å². The molecule has 1 saturated carbocycles. The van der Waals surface area contributed by atoms with Crippen molar-refractivity contribution in [2.75, 3.05) is 6.54 Å². The Kier molecular flexibility index (Phi) is 4.12. The van der Waals surface area contributed by atoms with Crippen LogP contribution in [0.5, 0.6) is 0 Å². The first-order chi connectivity index (χ1) is 7.02. The summed E-state index contributed by atoms with van der Waals surface area (Å²) in [6.07, 6.45) is 3.58.